The maximum Gasteiger partial charge on any atom is 0.123 e. The quantitative estimate of drug-likeness (QED) is 0.768. The molecule has 0 saturated heterocycles. The molecule has 2 unspecified atom stereocenters. The van der Waals surface area contributed by atoms with Crippen LogP contribution in [0.25, 0.3) is 0 Å². The van der Waals surface area contributed by atoms with Gasteiger partial charge < -0.3 is 9.47 Å². The number of halogens is 1. The molecule has 21 heavy (non-hydrogen) atoms. The van der Waals surface area contributed by atoms with E-state index < -0.39 is 0 Å². The smallest absolute Gasteiger partial charge is 0.123 e. The molecule has 0 aliphatic carbocycles. The average molecular weight is 303 g/mol. The summed E-state index contributed by atoms with van der Waals surface area (Å²) in [6.07, 6.45) is 1.20. The molecule has 2 nitrogen and oxygen atoms in total. The molecule has 2 aromatic carbocycles. The average Bonchev–Trinajstić information content (AvgIpc) is 2.86. The zero-order chi connectivity index (χ0) is 15.0. The van der Waals surface area contributed by atoms with E-state index in [4.69, 9.17) is 21.1 Å². The highest BCUT2D eigenvalue weighted by molar-refractivity contribution is 6.22. The monoisotopic (exact) mass is 302 g/mol. The van der Waals surface area contributed by atoms with E-state index in [-0.39, 0.29) is 11.5 Å². The fourth-order valence-corrected chi connectivity index (χ4v) is 3.06. The second-order valence-electron chi connectivity index (χ2n) is 5.59. The highest BCUT2D eigenvalue weighted by Crippen LogP contribution is 2.36. The molecule has 2 atom stereocenters. The topological polar surface area (TPSA) is 18.5 Å². The second-order valence-corrected chi connectivity index (χ2v) is 6.03. The van der Waals surface area contributed by atoms with E-state index in [9.17, 15) is 0 Å². The molecular weight excluding hydrogens is 284 g/mol. The number of aryl methyl sites for hydroxylation is 1. The van der Waals surface area contributed by atoms with Gasteiger partial charge in [0.1, 0.15) is 17.6 Å². The summed E-state index contributed by atoms with van der Waals surface area (Å²) >= 11 is 6.65. The van der Waals surface area contributed by atoms with Crippen LogP contribution in [0.3, 0.4) is 0 Å². The van der Waals surface area contributed by atoms with Crippen LogP contribution in [-0.4, -0.2) is 13.2 Å². The molecule has 0 spiro atoms. The molecule has 0 aromatic heterocycles. The van der Waals surface area contributed by atoms with Crippen molar-refractivity contribution in [1.82, 2.24) is 0 Å². The predicted octanol–water partition coefficient (Wildman–Crippen LogP) is 4.66. The Morgan fingerprint density at radius 2 is 1.90 bits per heavy atom. The minimum Gasteiger partial charge on any atom is -0.496 e. The third-order valence-electron chi connectivity index (χ3n) is 3.94. The molecule has 0 fully saturated rings. The van der Waals surface area contributed by atoms with Crippen LogP contribution >= 0.6 is 11.6 Å². The van der Waals surface area contributed by atoms with Crippen molar-refractivity contribution in [2.45, 2.75) is 31.7 Å². The predicted molar refractivity (Wildman–Crippen MR) is 85.7 cm³/mol. The third-order valence-corrected chi connectivity index (χ3v) is 4.44. The Labute approximate surface area is 130 Å². The fraction of sp³-hybridized carbons (Fsp3) is 0.333. The van der Waals surface area contributed by atoms with Gasteiger partial charge >= 0.3 is 0 Å². The lowest BCUT2D eigenvalue weighted by Gasteiger charge is -2.14. The summed E-state index contributed by atoms with van der Waals surface area (Å²) < 4.78 is 11.1. The van der Waals surface area contributed by atoms with Crippen LogP contribution < -0.4 is 9.47 Å². The minimum atomic E-state index is -0.180. The lowest BCUT2D eigenvalue weighted by atomic mass is 9.99. The molecule has 0 radical (unpaired) electrons. The van der Waals surface area contributed by atoms with Gasteiger partial charge in [0.25, 0.3) is 0 Å². The summed E-state index contributed by atoms with van der Waals surface area (Å²) in [5, 5.41) is -0.180. The highest BCUT2D eigenvalue weighted by atomic mass is 35.5. The van der Waals surface area contributed by atoms with Crippen molar-refractivity contribution < 1.29 is 9.47 Å². The summed E-state index contributed by atoms with van der Waals surface area (Å²) in [6.45, 7) is 4.11. The number of rotatable bonds is 3. The molecule has 1 aliphatic rings. The zero-order valence-electron chi connectivity index (χ0n) is 12.5. The van der Waals surface area contributed by atoms with E-state index in [1.807, 2.05) is 31.2 Å². The molecule has 0 saturated carbocycles. The number of benzene rings is 2. The highest BCUT2D eigenvalue weighted by Gasteiger charge is 2.21. The lowest BCUT2D eigenvalue weighted by Crippen LogP contribution is -2.05. The number of hydrogen-bond acceptors (Lipinski definition) is 2. The fourth-order valence-electron chi connectivity index (χ4n) is 2.79. The van der Waals surface area contributed by atoms with Gasteiger partial charge in [0.2, 0.25) is 0 Å². The van der Waals surface area contributed by atoms with Gasteiger partial charge in [0, 0.05) is 6.42 Å². The number of alkyl halides is 1. The van der Waals surface area contributed by atoms with Crippen molar-refractivity contribution in [3.63, 3.8) is 0 Å². The SMILES string of the molecule is COc1cc(C(Cl)c2ccc3c(c2)CC(C)O3)ccc1C. The first kappa shape index (κ1) is 14.3. The first-order valence-corrected chi connectivity index (χ1v) is 7.60. The summed E-state index contributed by atoms with van der Waals surface area (Å²) in [5.41, 5.74) is 4.50. The van der Waals surface area contributed by atoms with Crippen molar-refractivity contribution in [1.29, 1.82) is 0 Å². The van der Waals surface area contributed by atoms with Gasteiger partial charge in [-0.05, 0) is 48.2 Å². The van der Waals surface area contributed by atoms with E-state index in [0.29, 0.717) is 0 Å². The van der Waals surface area contributed by atoms with E-state index in [2.05, 4.69) is 19.1 Å². The molecule has 0 bridgehead atoms. The van der Waals surface area contributed by atoms with Crippen molar-refractivity contribution in [3.8, 4) is 11.5 Å². The Hall–Kier alpha value is -1.67. The van der Waals surface area contributed by atoms with Gasteiger partial charge in [-0.25, -0.2) is 0 Å². The first-order valence-electron chi connectivity index (χ1n) is 7.16. The van der Waals surface area contributed by atoms with Gasteiger partial charge in [-0.1, -0.05) is 24.3 Å². The van der Waals surface area contributed by atoms with Crippen LogP contribution in [0.15, 0.2) is 36.4 Å². The minimum absolute atomic E-state index is 0.180. The molecule has 3 heteroatoms. The molecule has 1 heterocycles. The van der Waals surface area contributed by atoms with Crippen molar-refractivity contribution >= 4 is 11.6 Å². The van der Waals surface area contributed by atoms with Crippen molar-refractivity contribution in [2.75, 3.05) is 7.11 Å². The number of ether oxygens (including phenoxy) is 2. The Bertz CT molecular complexity index is 666. The van der Waals surface area contributed by atoms with Crippen LogP contribution in [-0.2, 0) is 6.42 Å². The van der Waals surface area contributed by atoms with Crippen molar-refractivity contribution in [3.05, 3.63) is 58.7 Å². The molecule has 2 aromatic rings. The van der Waals surface area contributed by atoms with E-state index in [1.54, 1.807) is 7.11 Å². The van der Waals surface area contributed by atoms with Crippen LogP contribution in [0.4, 0.5) is 0 Å². The molecule has 0 amide bonds. The maximum atomic E-state index is 6.65. The Morgan fingerprint density at radius 3 is 2.67 bits per heavy atom. The number of methoxy groups -OCH3 is 1. The van der Waals surface area contributed by atoms with Gasteiger partial charge in [0.15, 0.2) is 0 Å². The normalized spacial score (nSPS) is 18.0. The summed E-state index contributed by atoms with van der Waals surface area (Å²) in [6, 6.07) is 12.3. The van der Waals surface area contributed by atoms with E-state index >= 15 is 0 Å². The van der Waals surface area contributed by atoms with Crippen molar-refractivity contribution in [2.24, 2.45) is 0 Å². The summed E-state index contributed by atoms with van der Waals surface area (Å²) in [4.78, 5) is 0. The third kappa shape index (κ3) is 2.73. The second kappa shape index (κ2) is 5.61. The molecular formula is C18H19ClO2. The van der Waals surface area contributed by atoms with Crippen LogP contribution in [0.5, 0.6) is 11.5 Å². The molecule has 0 N–H and O–H groups in total. The summed E-state index contributed by atoms with van der Waals surface area (Å²) in [7, 11) is 1.68. The zero-order valence-corrected chi connectivity index (χ0v) is 13.3. The standard InChI is InChI=1S/C18H19ClO2/c1-11-4-5-14(10-17(11)20-3)18(19)13-6-7-16-15(9-13)8-12(2)21-16/h4-7,9-10,12,18H,8H2,1-3H3. The molecule has 1 aliphatic heterocycles. The first-order chi connectivity index (χ1) is 10.1. The van der Waals surface area contributed by atoms with Gasteiger partial charge in [0.05, 0.1) is 12.5 Å². The van der Waals surface area contributed by atoms with Gasteiger partial charge in [-0.2, -0.15) is 0 Å². The number of hydrogen-bond donors (Lipinski definition) is 0. The van der Waals surface area contributed by atoms with Gasteiger partial charge in [-0.15, -0.1) is 11.6 Å². The van der Waals surface area contributed by atoms with Crippen LogP contribution in [0.1, 0.15) is 34.6 Å². The lowest BCUT2D eigenvalue weighted by molar-refractivity contribution is 0.254. The number of fused-ring (bicyclic) bond motifs is 1. The van der Waals surface area contributed by atoms with E-state index in [0.717, 1.165) is 34.6 Å². The maximum absolute atomic E-state index is 6.65. The van der Waals surface area contributed by atoms with Gasteiger partial charge in [-0.3, -0.25) is 0 Å². The Balaban J connectivity index is 1.92. The Kier molecular flexibility index (Phi) is 3.81. The Morgan fingerprint density at radius 1 is 1.19 bits per heavy atom. The molecule has 3 rings (SSSR count). The van der Waals surface area contributed by atoms with Crippen LogP contribution in [0.2, 0.25) is 0 Å². The summed E-state index contributed by atoms with van der Waals surface area (Å²) in [5.74, 6) is 1.85. The largest absolute Gasteiger partial charge is 0.496 e. The van der Waals surface area contributed by atoms with E-state index in [1.165, 1.54) is 5.56 Å². The van der Waals surface area contributed by atoms with Crippen LogP contribution in [0, 0.1) is 6.92 Å². The molecule has 110 valence electrons.